The maximum absolute atomic E-state index is 13.7. The third kappa shape index (κ3) is 4.32. The first-order valence-corrected chi connectivity index (χ1v) is 12.2. The van der Waals surface area contributed by atoms with Crippen molar-refractivity contribution in [3.8, 4) is 16.5 Å². The van der Waals surface area contributed by atoms with E-state index in [9.17, 15) is 4.79 Å². The molecule has 0 radical (unpaired) electrons. The van der Waals surface area contributed by atoms with E-state index in [0.29, 0.717) is 28.4 Å². The number of hydrogen-bond donors (Lipinski definition) is 1. The lowest BCUT2D eigenvalue weighted by Gasteiger charge is -2.13. The number of hydrogen-bond acceptors (Lipinski definition) is 7. The number of rotatable bonds is 5. The molecule has 0 atom stereocenters. The molecular weight excluding hydrogens is 460 g/mol. The van der Waals surface area contributed by atoms with E-state index in [1.807, 2.05) is 48.2 Å². The fourth-order valence-electron chi connectivity index (χ4n) is 3.71. The normalized spacial score (nSPS) is 11.9. The second-order valence-corrected chi connectivity index (χ2v) is 10.5. The molecule has 5 aromatic rings. The Kier molecular flexibility index (Phi) is 5.68. The van der Waals surface area contributed by atoms with Gasteiger partial charge in [-0.05, 0) is 37.4 Å². The van der Waals surface area contributed by atoms with Crippen LogP contribution in [0, 0.1) is 0 Å². The van der Waals surface area contributed by atoms with E-state index >= 15 is 0 Å². The number of thiophene rings is 1. The molecule has 0 saturated heterocycles. The van der Waals surface area contributed by atoms with Crippen molar-refractivity contribution >= 4 is 34.1 Å². The van der Waals surface area contributed by atoms with Crippen LogP contribution in [0.4, 0.5) is 5.82 Å². The van der Waals surface area contributed by atoms with Crippen LogP contribution in [-0.2, 0) is 5.41 Å². The summed E-state index contributed by atoms with van der Waals surface area (Å²) in [6.07, 6.45) is 4.99. The van der Waals surface area contributed by atoms with E-state index in [0.717, 1.165) is 16.3 Å². The molecule has 0 bridgehead atoms. The summed E-state index contributed by atoms with van der Waals surface area (Å²) in [4.78, 5) is 28.2. The zero-order valence-corrected chi connectivity index (χ0v) is 21.0. The zero-order valence-electron chi connectivity index (χ0n) is 20.2. The number of aromatic nitrogens is 7. The van der Waals surface area contributed by atoms with Crippen LogP contribution in [0.1, 0.15) is 56.7 Å². The Balaban J connectivity index is 1.62. The highest BCUT2D eigenvalue weighted by Gasteiger charge is 2.24. The van der Waals surface area contributed by atoms with Gasteiger partial charge in [0.2, 0.25) is 0 Å². The predicted octanol–water partition coefficient (Wildman–Crippen LogP) is 5.27. The molecule has 0 saturated carbocycles. The van der Waals surface area contributed by atoms with Gasteiger partial charge in [0.05, 0.1) is 33.4 Å². The number of pyridine rings is 1. The lowest BCUT2D eigenvalue weighted by atomic mass is 9.92. The number of anilines is 1. The highest BCUT2D eigenvalue weighted by Crippen LogP contribution is 2.30. The molecular formula is C25H26N8OS. The smallest absolute Gasteiger partial charge is 0.257 e. The average molecular weight is 487 g/mol. The van der Waals surface area contributed by atoms with Gasteiger partial charge in [0.15, 0.2) is 5.65 Å². The van der Waals surface area contributed by atoms with E-state index in [-0.39, 0.29) is 17.4 Å². The van der Waals surface area contributed by atoms with Crippen molar-refractivity contribution < 1.29 is 4.79 Å². The Hall–Kier alpha value is -3.92. The number of nitrogens with one attached hydrogen (secondary N) is 1. The van der Waals surface area contributed by atoms with Crippen LogP contribution in [0.15, 0.2) is 54.3 Å². The summed E-state index contributed by atoms with van der Waals surface area (Å²) in [7, 11) is 0. The molecule has 5 heterocycles. The van der Waals surface area contributed by atoms with Crippen molar-refractivity contribution in [2.45, 2.75) is 46.1 Å². The minimum absolute atomic E-state index is 0.0977. The van der Waals surface area contributed by atoms with Crippen molar-refractivity contribution in [1.29, 1.82) is 0 Å². The van der Waals surface area contributed by atoms with Gasteiger partial charge in [-0.1, -0.05) is 26.8 Å². The van der Waals surface area contributed by atoms with Gasteiger partial charge in [-0.15, -0.1) is 11.3 Å². The van der Waals surface area contributed by atoms with Crippen LogP contribution >= 0.6 is 11.3 Å². The Morgan fingerprint density at radius 3 is 2.54 bits per heavy atom. The molecule has 0 spiro atoms. The molecule has 0 aliphatic carbocycles. The number of fused-ring (bicyclic) bond motifs is 1. The summed E-state index contributed by atoms with van der Waals surface area (Å²) < 4.78 is 3.40. The van der Waals surface area contributed by atoms with Gasteiger partial charge in [-0.25, -0.2) is 19.6 Å². The van der Waals surface area contributed by atoms with Crippen LogP contribution < -0.4 is 5.32 Å². The molecule has 9 nitrogen and oxygen atoms in total. The van der Waals surface area contributed by atoms with Gasteiger partial charge < -0.3 is 5.32 Å². The highest BCUT2D eigenvalue weighted by atomic mass is 32.1. The van der Waals surface area contributed by atoms with E-state index in [1.54, 1.807) is 40.7 Å². The van der Waals surface area contributed by atoms with Crippen molar-refractivity contribution in [3.05, 3.63) is 65.6 Å². The summed E-state index contributed by atoms with van der Waals surface area (Å²) in [5.74, 6) is 0.589. The molecule has 0 unspecified atom stereocenters. The molecule has 35 heavy (non-hydrogen) atoms. The Morgan fingerprint density at radius 2 is 1.89 bits per heavy atom. The molecule has 5 rings (SSSR count). The van der Waals surface area contributed by atoms with Crippen molar-refractivity contribution in [2.75, 3.05) is 5.32 Å². The van der Waals surface area contributed by atoms with Crippen molar-refractivity contribution in [2.24, 2.45) is 0 Å². The molecule has 0 fully saturated rings. The molecule has 0 aromatic carbocycles. The fourth-order valence-corrected chi connectivity index (χ4v) is 4.39. The van der Waals surface area contributed by atoms with E-state index < -0.39 is 0 Å². The predicted molar refractivity (Wildman–Crippen MR) is 137 cm³/mol. The van der Waals surface area contributed by atoms with Crippen molar-refractivity contribution in [1.82, 2.24) is 34.5 Å². The molecule has 1 N–H and O–H groups in total. The lowest BCUT2D eigenvalue weighted by Crippen LogP contribution is -2.17. The quantitative estimate of drug-likeness (QED) is 0.363. The SMILES string of the molecule is CC(C)n1ncc2c(C(=O)Nc3cc(C(C)(C)C)nn3-c3ncccn3)cc(-c3cccs3)nc21. The van der Waals surface area contributed by atoms with Crippen LogP contribution in [0.5, 0.6) is 0 Å². The van der Waals surface area contributed by atoms with Gasteiger partial charge in [0.1, 0.15) is 5.82 Å². The monoisotopic (exact) mass is 486 g/mol. The van der Waals surface area contributed by atoms with Crippen LogP contribution in [0.3, 0.4) is 0 Å². The number of nitrogens with zero attached hydrogens (tertiary/aromatic N) is 7. The van der Waals surface area contributed by atoms with Gasteiger partial charge in [-0.3, -0.25) is 4.79 Å². The maximum atomic E-state index is 13.7. The van der Waals surface area contributed by atoms with Gasteiger partial charge in [0, 0.05) is 29.9 Å². The van der Waals surface area contributed by atoms with E-state index in [2.05, 4.69) is 41.2 Å². The second-order valence-electron chi connectivity index (χ2n) is 9.53. The third-order valence-electron chi connectivity index (χ3n) is 5.54. The van der Waals surface area contributed by atoms with Gasteiger partial charge in [-0.2, -0.15) is 14.9 Å². The Bertz CT molecular complexity index is 1490. The summed E-state index contributed by atoms with van der Waals surface area (Å²) in [5, 5.41) is 14.9. The Labute approximate surface area is 206 Å². The Morgan fingerprint density at radius 1 is 1.11 bits per heavy atom. The molecule has 10 heteroatoms. The molecule has 1 amide bonds. The summed E-state index contributed by atoms with van der Waals surface area (Å²) >= 11 is 1.58. The van der Waals surface area contributed by atoms with Crippen molar-refractivity contribution in [3.63, 3.8) is 0 Å². The maximum Gasteiger partial charge on any atom is 0.257 e. The molecule has 5 aromatic heterocycles. The summed E-state index contributed by atoms with van der Waals surface area (Å²) in [6.45, 7) is 10.3. The van der Waals surface area contributed by atoms with Crippen LogP contribution in [0.2, 0.25) is 0 Å². The van der Waals surface area contributed by atoms with Crippen LogP contribution in [0.25, 0.3) is 27.6 Å². The second kappa shape index (κ2) is 8.70. The lowest BCUT2D eigenvalue weighted by molar-refractivity contribution is 0.102. The first-order chi connectivity index (χ1) is 16.7. The third-order valence-corrected chi connectivity index (χ3v) is 6.43. The van der Waals surface area contributed by atoms with Gasteiger partial charge >= 0.3 is 0 Å². The minimum Gasteiger partial charge on any atom is -0.306 e. The zero-order chi connectivity index (χ0) is 24.7. The fraction of sp³-hybridized carbons (Fsp3) is 0.280. The largest absolute Gasteiger partial charge is 0.306 e. The average Bonchev–Trinajstić information content (AvgIpc) is 3.57. The topological polar surface area (TPSA) is 103 Å². The standard InChI is InChI=1S/C25H26N8OS/c1-15(2)32-22-17(14-28-32)16(12-18(29-22)19-8-6-11-35-19)23(34)30-21-13-20(25(3,4)5)31-33(21)24-26-9-7-10-27-24/h6-15H,1-5H3,(H,30,34). The first-order valence-electron chi connectivity index (χ1n) is 11.3. The number of carbonyl (C=O) groups excluding carboxylic acids is 1. The van der Waals surface area contributed by atoms with E-state index in [1.165, 1.54) is 0 Å². The number of amides is 1. The molecule has 0 aliphatic rings. The highest BCUT2D eigenvalue weighted by molar-refractivity contribution is 7.13. The summed E-state index contributed by atoms with van der Waals surface area (Å²) in [6, 6.07) is 9.49. The first kappa shape index (κ1) is 22.9. The van der Waals surface area contributed by atoms with Gasteiger partial charge in [0.25, 0.3) is 11.9 Å². The van der Waals surface area contributed by atoms with E-state index in [4.69, 9.17) is 10.1 Å². The molecule has 178 valence electrons. The molecule has 0 aliphatic heterocycles. The van der Waals surface area contributed by atoms with Crippen LogP contribution in [-0.4, -0.2) is 40.4 Å². The minimum atomic E-state index is -0.281. The summed E-state index contributed by atoms with van der Waals surface area (Å²) in [5.41, 5.74) is 2.48. The number of carbonyl (C=O) groups is 1.